The molecule has 1 N–H and O–H groups in total. The Balaban J connectivity index is 2.41. The van der Waals surface area contributed by atoms with Crippen molar-refractivity contribution >= 4 is 5.97 Å². The Kier molecular flexibility index (Phi) is 8.05. The predicted molar refractivity (Wildman–Crippen MR) is 82.3 cm³/mol. The van der Waals surface area contributed by atoms with Gasteiger partial charge in [0.2, 0.25) is 0 Å². The lowest BCUT2D eigenvalue weighted by molar-refractivity contribution is -0.145. The van der Waals surface area contributed by atoms with Crippen LogP contribution in [0, 0.1) is 12.3 Å². The smallest absolute Gasteiger partial charge is 0.308 e. The number of carbonyl (C=O) groups excluding carboxylic acids is 1. The molecule has 1 rings (SSSR count). The minimum Gasteiger partial charge on any atom is -0.497 e. The van der Waals surface area contributed by atoms with Gasteiger partial charge < -0.3 is 19.3 Å². The molecule has 0 unspecified atom stereocenters. The van der Waals surface area contributed by atoms with Crippen LogP contribution < -0.4 is 4.74 Å². The summed E-state index contributed by atoms with van der Waals surface area (Å²) >= 11 is 0. The number of carbonyl (C=O) groups is 1. The van der Waals surface area contributed by atoms with Crippen LogP contribution in [0.5, 0.6) is 5.75 Å². The fourth-order valence-corrected chi connectivity index (χ4v) is 1.85. The molecule has 0 saturated carbocycles. The van der Waals surface area contributed by atoms with Gasteiger partial charge in [-0.15, -0.1) is 6.42 Å². The second-order valence-electron chi connectivity index (χ2n) is 4.71. The zero-order valence-corrected chi connectivity index (χ0v) is 13.0. The van der Waals surface area contributed by atoms with Crippen molar-refractivity contribution in [2.45, 2.75) is 38.6 Å². The number of terminal acetylenes is 1. The topological polar surface area (TPSA) is 65.0 Å². The van der Waals surface area contributed by atoms with E-state index in [1.165, 1.54) is 0 Å². The molecule has 5 nitrogen and oxygen atoms in total. The van der Waals surface area contributed by atoms with Crippen LogP contribution in [0.2, 0.25) is 0 Å². The number of hydrogen-bond acceptors (Lipinski definition) is 5. The third kappa shape index (κ3) is 6.61. The highest BCUT2D eigenvalue weighted by molar-refractivity contribution is 5.69. The first-order chi connectivity index (χ1) is 10.6. The average molecular weight is 306 g/mol. The number of aliphatic hydroxyl groups excluding tert-OH is 1. The minimum absolute atomic E-state index is 0.0854. The molecule has 2 atom stereocenters. The van der Waals surface area contributed by atoms with Crippen molar-refractivity contribution in [3.05, 3.63) is 29.8 Å². The van der Waals surface area contributed by atoms with Gasteiger partial charge in [0.1, 0.15) is 11.9 Å². The Bertz CT molecular complexity index is 489. The zero-order valence-electron chi connectivity index (χ0n) is 13.0. The number of ether oxygens (including phenoxy) is 3. The summed E-state index contributed by atoms with van der Waals surface area (Å²) in [5.74, 6) is 2.79. The fourth-order valence-electron chi connectivity index (χ4n) is 1.85. The summed E-state index contributed by atoms with van der Waals surface area (Å²) < 4.78 is 15.4. The van der Waals surface area contributed by atoms with Crippen molar-refractivity contribution in [3.63, 3.8) is 0 Å². The van der Waals surface area contributed by atoms with Crippen LogP contribution in [0.4, 0.5) is 0 Å². The normalized spacial score (nSPS) is 13.0. The van der Waals surface area contributed by atoms with Crippen LogP contribution in [0.15, 0.2) is 24.3 Å². The molecule has 5 heteroatoms. The van der Waals surface area contributed by atoms with Crippen LogP contribution in [0.3, 0.4) is 0 Å². The van der Waals surface area contributed by atoms with Gasteiger partial charge in [-0.3, -0.25) is 4.79 Å². The first-order valence-electron chi connectivity index (χ1n) is 7.13. The summed E-state index contributed by atoms with van der Waals surface area (Å²) in [6.07, 6.45) is 4.06. The number of esters is 1. The van der Waals surface area contributed by atoms with Crippen molar-refractivity contribution in [2.24, 2.45) is 0 Å². The van der Waals surface area contributed by atoms with Gasteiger partial charge in [0.25, 0.3) is 0 Å². The van der Waals surface area contributed by atoms with E-state index in [1.807, 2.05) is 24.3 Å². The maximum absolute atomic E-state index is 11.3. The number of benzene rings is 1. The number of hydrogen-bond donors (Lipinski definition) is 1. The zero-order chi connectivity index (χ0) is 16.4. The molecule has 1 aromatic carbocycles. The number of methoxy groups -OCH3 is 1. The Morgan fingerprint density at radius 2 is 2.05 bits per heavy atom. The third-order valence-electron chi connectivity index (χ3n) is 2.99. The van der Waals surface area contributed by atoms with Gasteiger partial charge in [0, 0.05) is 6.42 Å². The Morgan fingerprint density at radius 3 is 2.59 bits per heavy atom. The van der Waals surface area contributed by atoms with Gasteiger partial charge in [-0.2, -0.15) is 0 Å². The van der Waals surface area contributed by atoms with Gasteiger partial charge in [0.05, 0.1) is 32.8 Å². The molecule has 0 bridgehead atoms. The fraction of sp³-hybridized carbons (Fsp3) is 0.471. The maximum Gasteiger partial charge on any atom is 0.308 e. The summed E-state index contributed by atoms with van der Waals surface area (Å²) in [6, 6.07) is 7.42. The molecular formula is C17H22O5. The lowest BCUT2D eigenvalue weighted by Gasteiger charge is -2.16. The molecule has 0 heterocycles. The van der Waals surface area contributed by atoms with E-state index < -0.39 is 18.2 Å². The standard InChI is InChI=1S/C17H22O5/c1-4-15(10-14(18)11-17(19)21-5-2)22-12-13-6-8-16(20-3)9-7-13/h1,6-9,14-15,18H,5,10-12H2,2-3H3/t14-,15+/m1/s1. The number of aliphatic hydroxyl groups is 1. The van der Waals surface area contributed by atoms with Crippen molar-refractivity contribution in [2.75, 3.05) is 13.7 Å². The van der Waals surface area contributed by atoms with E-state index in [1.54, 1.807) is 14.0 Å². The second kappa shape index (κ2) is 9.82. The van der Waals surface area contributed by atoms with Crippen LogP contribution in [-0.2, 0) is 20.9 Å². The van der Waals surface area contributed by atoms with E-state index >= 15 is 0 Å². The minimum atomic E-state index is -0.879. The van der Waals surface area contributed by atoms with Crippen LogP contribution >= 0.6 is 0 Å². The Hall–Kier alpha value is -2.03. The molecule has 120 valence electrons. The summed E-state index contributed by atoms with van der Waals surface area (Å²) in [7, 11) is 1.60. The van der Waals surface area contributed by atoms with Crippen LogP contribution in [0.25, 0.3) is 0 Å². The average Bonchev–Trinajstić information content (AvgIpc) is 2.52. The van der Waals surface area contributed by atoms with Crippen LogP contribution in [0.1, 0.15) is 25.3 Å². The summed E-state index contributed by atoms with van der Waals surface area (Å²) in [5.41, 5.74) is 0.945. The van der Waals surface area contributed by atoms with Gasteiger partial charge in [-0.1, -0.05) is 18.1 Å². The van der Waals surface area contributed by atoms with Crippen molar-refractivity contribution < 1.29 is 24.1 Å². The van der Waals surface area contributed by atoms with E-state index in [0.29, 0.717) is 6.61 Å². The number of rotatable bonds is 9. The molecule has 0 radical (unpaired) electrons. The van der Waals surface area contributed by atoms with Gasteiger partial charge in [-0.25, -0.2) is 0 Å². The monoisotopic (exact) mass is 306 g/mol. The first kappa shape index (κ1) is 18.0. The Morgan fingerprint density at radius 1 is 1.36 bits per heavy atom. The summed E-state index contributed by atoms with van der Waals surface area (Å²) in [5, 5.41) is 9.82. The molecule has 1 aromatic rings. The van der Waals surface area contributed by atoms with E-state index in [4.69, 9.17) is 20.6 Å². The van der Waals surface area contributed by atoms with Crippen LogP contribution in [-0.4, -0.2) is 37.0 Å². The molecule has 0 saturated heterocycles. The third-order valence-corrected chi connectivity index (χ3v) is 2.99. The molecule has 0 fully saturated rings. The van der Waals surface area contributed by atoms with E-state index in [-0.39, 0.29) is 19.4 Å². The first-order valence-corrected chi connectivity index (χ1v) is 7.13. The molecule has 0 aromatic heterocycles. The molecular weight excluding hydrogens is 284 g/mol. The van der Waals surface area contributed by atoms with Gasteiger partial charge in [0.15, 0.2) is 0 Å². The highest BCUT2D eigenvalue weighted by Gasteiger charge is 2.17. The highest BCUT2D eigenvalue weighted by Crippen LogP contribution is 2.14. The predicted octanol–water partition coefficient (Wildman–Crippen LogP) is 1.92. The molecule has 0 aliphatic carbocycles. The largest absolute Gasteiger partial charge is 0.497 e. The quantitative estimate of drug-likeness (QED) is 0.558. The van der Waals surface area contributed by atoms with Gasteiger partial charge >= 0.3 is 5.97 Å². The Labute approximate surface area is 131 Å². The molecule has 0 aliphatic rings. The van der Waals surface area contributed by atoms with E-state index in [0.717, 1.165) is 11.3 Å². The van der Waals surface area contributed by atoms with E-state index in [9.17, 15) is 9.90 Å². The van der Waals surface area contributed by atoms with Crippen molar-refractivity contribution in [1.29, 1.82) is 0 Å². The summed E-state index contributed by atoms with van der Waals surface area (Å²) in [4.78, 5) is 11.3. The molecule has 0 amide bonds. The summed E-state index contributed by atoms with van der Waals surface area (Å²) in [6.45, 7) is 2.33. The maximum atomic E-state index is 11.3. The van der Waals surface area contributed by atoms with E-state index in [2.05, 4.69) is 5.92 Å². The highest BCUT2D eigenvalue weighted by atomic mass is 16.5. The lowest BCUT2D eigenvalue weighted by atomic mass is 10.1. The SMILES string of the molecule is C#C[C@@H](C[C@@H](O)CC(=O)OCC)OCc1ccc(OC)cc1. The van der Waals surface area contributed by atoms with Gasteiger partial charge in [-0.05, 0) is 24.6 Å². The van der Waals surface area contributed by atoms with Crippen molar-refractivity contribution in [3.8, 4) is 18.1 Å². The molecule has 0 spiro atoms. The molecule has 22 heavy (non-hydrogen) atoms. The van der Waals surface area contributed by atoms with Crippen molar-refractivity contribution in [1.82, 2.24) is 0 Å². The molecule has 0 aliphatic heterocycles. The lowest BCUT2D eigenvalue weighted by Crippen LogP contribution is -2.23. The second-order valence-corrected chi connectivity index (χ2v) is 4.71.